The van der Waals surface area contributed by atoms with Gasteiger partial charge in [-0.25, -0.2) is 0 Å². The highest BCUT2D eigenvalue weighted by Crippen LogP contribution is 2.31. The lowest BCUT2D eigenvalue weighted by Crippen LogP contribution is -2.42. The molecule has 9 heteroatoms. The molecule has 2 aromatic carbocycles. The minimum atomic E-state index is -0.200. The number of hydrogen-bond acceptors (Lipinski definition) is 7. The Morgan fingerprint density at radius 3 is 2.59 bits per heavy atom. The van der Waals surface area contributed by atoms with Crippen LogP contribution in [0.3, 0.4) is 0 Å². The van der Waals surface area contributed by atoms with Gasteiger partial charge in [0.2, 0.25) is 5.91 Å². The van der Waals surface area contributed by atoms with Crippen LogP contribution in [0.15, 0.2) is 59.8 Å². The molecule has 1 atom stereocenters. The van der Waals surface area contributed by atoms with Gasteiger partial charge in [0.25, 0.3) is 0 Å². The van der Waals surface area contributed by atoms with Gasteiger partial charge in [0.1, 0.15) is 6.61 Å². The smallest absolute Gasteiger partial charge is 0.232 e. The molecule has 0 spiro atoms. The van der Waals surface area contributed by atoms with E-state index in [2.05, 4.69) is 19.7 Å². The lowest BCUT2D eigenvalue weighted by Gasteiger charge is -2.29. The van der Waals surface area contributed by atoms with Gasteiger partial charge in [-0.15, -0.1) is 10.2 Å². The average Bonchev–Trinajstić information content (AvgIpc) is 3.53. The summed E-state index contributed by atoms with van der Waals surface area (Å²) in [4.78, 5) is 17.0. The Kier molecular flexibility index (Phi) is 7.01. The van der Waals surface area contributed by atoms with E-state index in [1.165, 1.54) is 24.6 Å². The molecule has 178 valence electrons. The van der Waals surface area contributed by atoms with Crippen molar-refractivity contribution in [1.82, 2.24) is 24.6 Å². The molecule has 1 amide bonds. The van der Waals surface area contributed by atoms with E-state index < -0.39 is 0 Å². The summed E-state index contributed by atoms with van der Waals surface area (Å²) in [5.41, 5.74) is 1.01. The zero-order valence-corrected chi connectivity index (χ0v) is 20.1. The second-order valence-electron chi connectivity index (χ2n) is 8.61. The number of likely N-dealkylation sites (N-methyl/N-ethyl adjacent to an activating group) is 1. The van der Waals surface area contributed by atoms with Crippen molar-refractivity contribution in [2.24, 2.45) is 0 Å². The van der Waals surface area contributed by atoms with Crippen LogP contribution >= 0.6 is 11.8 Å². The normalized spacial score (nSPS) is 17.6. The lowest BCUT2D eigenvalue weighted by atomic mass is 10.2. The maximum Gasteiger partial charge on any atom is 0.232 e. The van der Waals surface area contributed by atoms with Crippen LogP contribution in [0, 0.1) is 0 Å². The molecule has 1 unspecified atom stereocenters. The number of para-hydroxylation sites is 3. The summed E-state index contributed by atoms with van der Waals surface area (Å²) in [5, 5.41) is 9.65. The Hall–Kier alpha value is -3.04. The van der Waals surface area contributed by atoms with Crippen molar-refractivity contribution in [3.8, 4) is 17.2 Å². The van der Waals surface area contributed by atoms with E-state index in [1.807, 2.05) is 54.6 Å². The fourth-order valence-electron chi connectivity index (χ4n) is 4.27. The first kappa shape index (κ1) is 22.7. The fourth-order valence-corrected chi connectivity index (χ4v) is 5.18. The van der Waals surface area contributed by atoms with Gasteiger partial charge in [-0.2, -0.15) is 0 Å². The third-order valence-corrected chi connectivity index (χ3v) is 6.99. The van der Waals surface area contributed by atoms with Crippen LogP contribution in [0.2, 0.25) is 0 Å². The summed E-state index contributed by atoms with van der Waals surface area (Å²) < 4.78 is 13.9. The van der Waals surface area contributed by atoms with Gasteiger partial charge in [-0.05, 0) is 50.2 Å². The number of aromatic nitrogens is 3. The predicted octanol–water partition coefficient (Wildman–Crippen LogP) is 3.25. The summed E-state index contributed by atoms with van der Waals surface area (Å²) in [5.74, 6) is 2.65. The van der Waals surface area contributed by atoms with Crippen molar-refractivity contribution in [3.05, 3.63) is 60.4 Å². The maximum absolute atomic E-state index is 12.9. The molecule has 5 rings (SSSR count). The summed E-state index contributed by atoms with van der Waals surface area (Å²) in [7, 11) is 1.80. The lowest BCUT2D eigenvalue weighted by molar-refractivity contribution is -0.128. The SMILES string of the molecule is CN(CC1COc2ccccc2O1)C(=O)CSc1nnc(CN2CCCC2)n1-c1ccccc1. The van der Waals surface area contributed by atoms with Gasteiger partial charge >= 0.3 is 0 Å². The second kappa shape index (κ2) is 10.5. The minimum Gasteiger partial charge on any atom is -0.486 e. The van der Waals surface area contributed by atoms with E-state index in [1.54, 1.807) is 11.9 Å². The molecule has 0 saturated carbocycles. The Balaban J connectivity index is 1.22. The van der Waals surface area contributed by atoms with Gasteiger partial charge < -0.3 is 14.4 Å². The molecular weight excluding hydrogens is 450 g/mol. The monoisotopic (exact) mass is 479 g/mol. The first-order chi connectivity index (χ1) is 16.7. The molecule has 1 aromatic heterocycles. The number of benzene rings is 2. The van der Waals surface area contributed by atoms with Crippen LogP contribution in [-0.4, -0.2) is 75.6 Å². The molecule has 0 aliphatic carbocycles. The first-order valence-corrected chi connectivity index (χ1v) is 12.6. The largest absolute Gasteiger partial charge is 0.486 e. The van der Waals surface area contributed by atoms with Crippen LogP contribution in [0.5, 0.6) is 11.5 Å². The number of amides is 1. The Morgan fingerprint density at radius 1 is 1.06 bits per heavy atom. The molecule has 2 aliphatic rings. The molecule has 3 heterocycles. The number of likely N-dealkylation sites (tertiary alicyclic amines) is 1. The standard InChI is InChI=1S/C25H29N5O3S/c1-28(15-20-17-32-21-11-5-6-12-22(21)33-20)24(31)18-34-25-27-26-23(16-29-13-7-8-14-29)30(25)19-9-3-2-4-10-19/h2-6,9-12,20H,7-8,13-18H2,1H3. The van der Waals surface area contributed by atoms with E-state index in [4.69, 9.17) is 9.47 Å². The van der Waals surface area contributed by atoms with E-state index >= 15 is 0 Å². The quantitative estimate of drug-likeness (QED) is 0.459. The van der Waals surface area contributed by atoms with Crippen molar-refractivity contribution in [2.75, 3.05) is 39.0 Å². The van der Waals surface area contributed by atoms with Gasteiger partial charge in [-0.1, -0.05) is 42.1 Å². The molecule has 3 aromatic rings. The number of thioether (sulfide) groups is 1. The number of nitrogens with zero attached hydrogens (tertiary/aromatic N) is 5. The van der Waals surface area contributed by atoms with E-state index in [-0.39, 0.29) is 17.8 Å². The Labute approximate surface area is 203 Å². The van der Waals surface area contributed by atoms with E-state index in [0.717, 1.165) is 47.8 Å². The zero-order chi connectivity index (χ0) is 23.3. The third kappa shape index (κ3) is 5.20. The highest BCUT2D eigenvalue weighted by molar-refractivity contribution is 7.99. The average molecular weight is 480 g/mol. The van der Waals surface area contributed by atoms with E-state index in [9.17, 15) is 4.79 Å². The van der Waals surface area contributed by atoms with Crippen molar-refractivity contribution in [2.45, 2.75) is 30.6 Å². The van der Waals surface area contributed by atoms with Crippen LogP contribution in [0.4, 0.5) is 0 Å². The van der Waals surface area contributed by atoms with Crippen LogP contribution in [0.1, 0.15) is 18.7 Å². The minimum absolute atomic E-state index is 0.0103. The van der Waals surface area contributed by atoms with E-state index in [0.29, 0.717) is 13.2 Å². The second-order valence-corrected chi connectivity index (χ2v) is 9.56. The van der Waals surface area contributed by atoms with Crippen molar-refractivity contribution < 1.29 is 14.3 Å². The topological polar surface area (TPSA) is 72.7 Å². The van der Waals surface area contributed by atoms with Crippen molar-refractivity contribution in [3.63, 3.8) is 0 Å². The number of fused-ring (bicyclic) bond motifs is 1. The Bertz CT molecular complexity index is 1120. The highest BCUT2D eigenvalue weighted by Gasteiger charge is 2.25. The number of rotatable bonds is 8. The molecule has 2 aliphatic heterocycles. The molecule has 0 N–H and O–H groups in total. The molecule has 8 nitrogen and oxygen atoms in total. The molecule has 1 saturated heterocycles. The Morgan fingerprint density at radius 2 is 1.79 bits per heavy atom. The fraction of sp³-hybridized carbons (Fsp3) is 0.400. The number of carbonyl (C=O) groups excluding carboxylic acids is 1. The van der Waals surface area contributed by atoms with Crippen LogP contribution in [-0.2, 0) is 11.3 Å². The molecule has 34 heavy (non-hydrogen) atoms. The van der Waals surface area contributed by atoms with Crippen LogP contribution < -0.4 is 9.47 Å². The first-order valence-electron chi connectivity index (χ1n) is 11.6. The predicted molar refractivity (Wildman–Crippen MR) is 131 cm³/mol. The summed E-state index contributed by atoms with van der Waals surface area (Å²) in [6.07, 6.45) is 2.25. The van der Waals surface area contributed by atoms with Crippen LogP contribution in [0.25, 0.3) is 5.69 Å². The van der Waals surface area contributed by atoms with Crippen molar-refractivity contribution in [1.29, 1.82) is 0 Å². The van der Waals surface area contributed by atoms with Gasteiger partial charge in [0.05, 0.1) is 18.8 Å². The molecule has 0 radical (unpaired) electrons. The third-order valence-electron chi connectivity index (χ3n) is 6.07. The summed E-state index contributed by atoms with van der Waals surface area (Å²) in [6, 6.07) is 17.7. The zero-order valence-electron chi connectivity index (χ0n) is 19.3. The van der Waals surface area contributed by atoms with Gasteiger partial charge in [0.15, 0.2) is 28.6 Å². The number of hydrogen-bond donors (Lipinski definition) is 0. The number of carbonyl (C=O) groups is 1. The summed E-state index contributed by atoms with van der Waals surface area (Å²) in [6.45, 7) is 3.82. The highest BCUT2D eigenvalue weighted by atomic mass is 32.2. The van der Waals surface area contributed by atoms with Gasteiger partial charge in [0, 0.05) is 12.7 Å². The summed E-state index contributed by atoms with van der Waals surface area (Å²) >= 11 is 1.42. The molecule has 1 fully saturated rings. The maximum atomic E-state index is 12.9. The van der Waals surface area contributed by atoms with Crippen molar-refractivity contribution >= 4 is 17.7 Å². The van der Waals surface area contributed by atoms with Gasteiger partial charge in [-0.3, -0.25) is 14.3 Å². The molecular formula is C25H29N5O3S. The molecule has 0 bridgehead atoms. The number of ether oxygens (including phenoxy) is 2.